The van der Waals surface area contributed by atoms with Gasteiger partial charge >= 0.3 is 6.03 Å². The maximum Gasteiger partial charge on any atom is 0.319 e. The zero-order chi connectivity index (χ0) is 13.6. The largest absolute Gasteiger partial charge is 0.331 e. The van der Waals surface area contributed by atoms with Gasteiger partial charge in [0.15, 0.2) is 0 Å². The quantitative estimate of drug-likeness (QED) is 0.701. The van der Waals surface area contributed by atoms with E-state index in [9.17, 15) is 4.79 Å². The minimum Gasteiger partial charge on any atom is -0.331 e. The summed E-state index contributed by atoms with van der Waals surface area (Å²) in [5, 5.41) is 1.47. The number of rotatable bonds is 0. The zero-order valence-corrected chi connectivity index (χ0v) is 12.3. The van der Waals surface area contributed by atoms with Crippen molar-refractivity contribution in [2.45, 2.75) is 13.0 Å². The van der Waals surface area contributed by atoms with E-state index < -0.39 is 0 Å². The van der Waals surface area contributed by atoms with Gasteiger partial charge in [0.2, 0.25) is 0 Å². The van der Waals surface area contributed by atoms with Gasteiger partial charge in [-0.25, -0.2) is 14.8 Å². The predicted molar refractivity (Wildman–Crippen MR) is 75.6 cm³/mol. The van der Waals surface area contributed by atoms with Crippen molar-refractivity contribution in [2.24, 2.45) is 0 Å². The Balaban J connectivity index is 2.01. The molecule has 0 bridgehead atoms. The van der Waals surface area contributed by atoms with E-state index in [4.69, 9.17) is 11.6 Å². The van der Waals surface area contributed by atoms with Crippen molar-refractivity contribution in [3.63, 3.8) is 0 Å². The van der Waals surface area contributed by atoms with E-state index in [1.165, 1.54) is 16.8 Å². The van der Waals surface area contributed by atoms with Crippen LogP contribution in [0.15, 0.2) is 6.33 Å². The van der Waals surface area contributed by atoms with Crippen LogP contribution in [0.1, 0.15) is 10.4 Å². The van der Waals surface area contributed by atoms with Crippen LogP contribution < -0.4 is 0 Å². The Morgan fingerprint density at radius 2 is 2.26 bits per heavy atom. The first-order valence-electron chi connectivity index (χ1n) is 5.95. The molecule has 0 N–H and O–H groups in total. The van der Waals surface area contributed by atoms with Gasteiger partial charge in [-0.05, 0) is 12.0 Å². The van der Waals surface area contributed by atoms with E-state index in [0.717, 1.165) is 16.6 Å². The lowest BCUT2D eigenvalue weighted by molar-refractivity contribution is 0.166. The fourth-order valence-corrected chi connectivity index (χ4v) is 3.84. The third-order valence-corrected chi connectivity index (χ3v) is 4.66. The second kappa shape index (κ2) is 4.61. The van der Waals surface area contributed by atoms with Crippen LogP contribution in [0.25, 0.3) is 10.2 Å². The lowest BCUT2D eigenvalue weighted by atomic mass is 10.1. The minimum absolute atomic E-state index is 0.0419. The van der Waals surface area contributed by atoms with Gasteiger partial charge in [-0.1, -0.05) is 11.6 Å². The smallest absolute Gasteiger partial charge is 0.319 e. The number of hydrogen-bond donors (Lipinski definition) is 0. The minimum atomic E-state index is 0.0419. The highest BCUT2D eigenvalue weighted by Gasteiger charge is 2.26. The Hall–Kier alpha value is -1.40. The Kier molecular flexibility index (Phi) is 3.06. The molecule has 2 aromatic heterocycles. The Bertz CT molecular complexity index is 654. The summed E-state index contributed by atoms with van der Waals surface area (Å²) in [5.74, 6) is 0. The number of amides is 2. The van der Waals surface area contributed by atoms with Crippen LogP contribution >= 0.6 is 22.9 Å². The number of hydrogen-bond acceptors (Lipinski definition) is 4. The van der Waals surface area contributed by atoms with Gasteiger partial charge in [0.05, 0.1) is 11.9 Å². The Morgan fingerprint density at radius 3 is 3.00 bits per heavy atom. The van der Waals surface area contributed by atoms with E-state index in [2.05, 4.69) is 9.97 Å². The summed E-state index contributed by atoms with van der Waals surface area (Å²) in [7, 11) is 3.54. The second-order valence-electron chi connectivity index (χ2n) is 4.70. The highest BCUT2D eigenvalue weighted by Crippen LogP contribution is 2.36. The number of aromatic nitrogens is 2. The average molecular weight is 297 g/mol. The molecule has 0 spiro atoms. The van der Waals surface area contributed by atoms with Gasteiger partial charge in [0.25, 0.3) is 0 Å². The topological polar surface area (TPSA) is 49.3 Å². The summed E-state index contributed by atoms with van der Waals surface area (Å²) in [6.07, 6.45) is 2.29. The molecule has 0 unspecified atom stereocenters. The molecule has 1 aliphatic rings. The van der Waals surface area contributed by atoms with Crippen molar-refractivity contribution in [3.05, 3.63) is 21.9 Å². The van der Waals surface area contributed by atoms with Crippen LogP contribution in [-0.4, -0.2) is 46.4 Å². The molecule has 0 saturated heterocycles. The molecular weight excluding hydrogens is 284 g/mol. The van der Waals surface area contributed by atoms with E-state index in [1.54, 1.807) is 30.3 Å². The first kappa shape index (κ1) is 12.6. The van der Waals surface area contributed by atoms with Gasteiger partial charge in [0.1, 0.15) is 16.3 Å². The maximum atomic E-state index is 12.0. The monoisotopic (exact) mass is 296 g/mol. The van der Waals surface area contributed by atoms with Crippen LogP contribution in [0.3, 0.4) is 0 Å². The molecule has 0 atom stereocenters. The molecule has 5 nitrogen and oxygen atoms in total. The van der Waals surface area contributed by atoms with Gasteiger partial charge in [-0.2, -0.15) is 0 Å². The maximum absolute atomic E-state index is 12.0. The summed E-state index contributed by atoms with van der Waals surface area (Å²) in [6.45, 7) is 1.34. The molecule has 0 saturated carbocycles. The highest BCUT2D eigenvalue weighted by molar-refractivity contribution is 7.19. The van der Waals surface area contributed by atoms with Crippen LogP contribution in [0.4, 0.5) is 4.79 Å². The van der Waals surface area contributed by atoms with Crippen molar-refractivity contribution in [1.82, 2.24) is 19.8 Å². The molecule has 0 fully saturated rings. The molecule has 0 aliphatic carbocycles. The number of carbonyl (C=O) groups excluding carboxylic acids is 1. The lowest BCUT2D eigenvalue weighted by Crippen LogP contribution is -2.41. The number of nitrogens with zero attached hydrogens (tertiary/aromatic N) is 4. The van der Waals surface area contributed by atoms with Crippen molar-refractivity contribution in [3.8, 4) is 0 Å². The fourth-order valence-electron chi connectivity index (χ4n) is 2.34. The summed E-state index contributed by atoms with van der Waals surface area (Å²) in [6, 6.07) is 0.0419. The molecule has 0 radical (unpaired) electrons. The molecule has 7 heteroatoms. The highest BCUT2D eigenvalue weighted by atomic mass is 35.5. The van der Waals surface area contributed by atoms with Gasteiger partial charge in [-0.15, -0.1) is 11.3 Å². The average Bonchev–Trinajstić information content (AvgIpc) is 2.76. The van der Waals surface area contributed by atoms with Crippen molar-refractivity contribution < 1.29 is 4.79 Å². The molecule has 3 rings (SSSR count). The van der Waals surface area contributed by atoms with Gasteiger partial charge in [0, 0.05) is 25.5 Å². The summed E-state index contributed by atoms with van der Waals surface area (Å²) < 4.78 is 0. The van der Waals surface area contributed by atoms with Crippen LogP contribution in [0.2, 0.25) is 5.15 Å². The Labute approximate surface area is 119 Å². The molecule has 2 amide bonds. The third kappa shape index (κ3) is 2.04. The Morgan fingerprint density at radius 1 is 1.47 bits per heavy atom. The summed E-state index contributed by atoms with van der Waals surface area (Å²) >= 11 is 7.75. The lowest BCUT2D eigenvalue weighted by Gasteiger charge is -2.29. The molecular formula is C12H13ClN4OS. The number of thiophene rings is 1. The number of carbonyl (C=O) groups is 1. The van der Waals surface area contributed by atoms with E-state index >= 15 is 0 Å². The van der Waals surface area contributed by atoms with E-state index in [0.29, 0.717) is 18.2 Å². The molecule has 100 valence electrons. The standard InChI is InChI=1S/C12H13ClN4OS/c1-16(2)12(18)17-4-3-7-8(5-17)19-11-9(7)10(13)14-6-15-11/h6H,3-5H2,1-2H3. The molecule has 0 aromatic carbocycles. The number of halogens is 1. The van der Waals surface area contributed by atoms with Crippen LogP contribution in [0, 0.1) is 0 Å². The first-order valence-corrected chi connectivity index (χ1v) is 7.14. The summed E-state index contributed by atoms with van der Waals surface area (Å²) in [4.78, 5) is 25.8. The van der Waals surface area contributed by atoms with Gasteiger partial charge < -0.3 is 9.80 Å². The SMILES string of the molecule is CN(C)C(=O)N1CCc2c(sc3ncnc(Cl)c23)C1. The van der Waals surface area contributed by atoms with Gasteiger partial charge in [-0.3, -0.25) is 0 Å². The van der Waals surface area contributed by atoms with Crippen LogP contribution in [0.5, 0.6) is 0 Å². The van der Waals surface area contributed by atoms with E-state index in [-0.39, 0.29) is 6.03 Å². The second-order valence-corrected chi connectivity index (χ2v) is 6.14. The van der Waals surface area contributed by atoms with E-state index in [1.807, 2.05) is 4.90 Å². The summed E-state index contributed by atoms with van der Waals surface area (Å²) in [5.41, 5.74) is 1.20. The number of fused-ring (bicyclic) bond motifs is 3. The third-order valence-electron chi connectivity index (χ3n) is 3.24. The molecule has 19 heavy (non-hydrogen) atoms. The van der Waals surface area contributed by atoms with Crippen molar-refractivity contribution in [1.29, 1.82) is 0 Å². The van der Waals surface area contributed by atoms with Crippen molar-refractivity contribution >= 4 is 39.2 Å². The van der Waals surface area contributed by atoms with Crippen molar-refractivity contribution in [2.75, 3.05) is 20.6 Å². The molecule has 1 aliphatic heterocycles. The fraction of sp³-hybridized carbons (Fsp3) is 0.417. The first-order chi connectivity index (χ1) is 9.08. The molecule has 3 heterocycles. The molecule has 2 aromatic rings. The normalized spacial score (nSPS) is 14.6. The van der Waals surface area contributed by atoms with Crippen LogP contribution in [-0.2, 0) is 13.0 Å². The zero-order valence-electron chi connectivity index (χ0n) is 10.7. The predicted octanol–water partition coefficient (Wildman–Crippen LogP) is 2.38. The number of urea groups is 1.